The molecule has 1 aromatic heterocycles. The van der Waals surface area contributed by atoms with Gasteiger partial charge in [0.15, 0.2) is 0 Å². The molecule has 162 valence electrons. The number of ether oxygens (including phenoxy) is 1. The van der Waals surface area contributed by atoms with Crippen LogP contribution in [-0.4, -0.2) is 38.6 Å². The number of pyridine rings is 1. The summed E-state index contributed by atoms with van der Waals surface area (Å²) >= 11 is 0. The van der Waals surface area contributed by atoms with E-state index in [2.05, 4.69) is 61.2 Å². The number of hydrogen-bond acceptors (Lipinski definition) is 5. The molecule has 1 fully saturated rings. The maximum absolute atomic E-state index is 12.3. The van der Waals surface area contributed by atoms with Gasteiger partial charge < -0.3 is 14.1 Å². The fourth-order valence-electron chi connectivity index (χ4n) is 3.12. The minimum Gasteiger partial charge on any atom is -0.542 e. The summed E-state index contributed by atoms with van der Waals surface area (Å²) in [5.41, 5.74) is 1.21. The van der Waals surface area contributed by atoms with Gasteiger partial charge in [-0.3, -0.25) is 5.32 Å². The number of benzene rings is 1. The predicted molar refractivity (Wildman–Crippen MR) is 124 cm³/mol. The number of nitrogens with zero attached hydrogens (tertiary/aromatic N) is 2. The second kappa shape index (κ2) is 9.08. The first-order chi connectivity index (χ1) is 14.1. The van der Waals surface area contributed by atoms with Crippen LogP contribution >= 0.6 is 0 Å². The summed E-state index contributed by atoms with van der Waals surface area (Å²) in [5.74, 6) is 1.19. The lowest BCUT2D eigenvalue weighted by atomic mass is 10.1. The van der Waals surface area contributed by atoms with E-state index in [1.165, 1.54) is 5.69 Å². The molecule has 1 aromatic carbocycles. The molecular weight excluding hydrogens is 394 g/mol. The highest BCUT2D eigenvalue weighted by atomic mass is 28.4. The molecule has 3 rings (SSSR count). The van der Waals surface area contributed by atoms with Gasteiger partial charge in [-0.15, -0.1) is 0 Å². The second-order valence-corrected chi connectivity index (χ2v) is 14.0. The summed E-state index contributed by atoms with van der Waals surface area (Å²) < 4.78 is 11.8. The third-order valence-electron chi connectivity index (χ3n) is 5.98. The molecule has 1 N–H and O–H groups in total. The molecular formula is C23H33N3O3Si. The lowest BCUT2D eigenvalue weighted by Gasteiger charge is -2.36. The van der Waals surface area contributed by atoms with Crippen molar-refractivity contribution in [1.29, 1.82) is 0 Å². The van der Waals surface area contributed by atoms with Crippen LogP contribution in [0, 0.1) is 0 Å². The Morgan fingerprint density at radius 1 is 1.10 bits per heavy atom. The molecule has 6 nitrogen and oxygen atoms in total. The van der Waals surface area contributed by atoms with Gasteiger partial charge in [0.05, 0.1) is 6.20 Å². The van der Waals surface area contributed by atoms with E-state index in [-0.39, 0.29) is 11.1 Å². The van der Waals surface area contributed by atoms with Gasteiger partial charge in [-0.1, -0.05) is 39.0 Å². The number of piperidine rings is 1. The highest BCUT2D eigenvalue weighted by molar-refractivity contribution is 6.74. The van der Waals surface area contributed by atoms with E-state index in [9.17, 15) is 4.79 Å². The molecule has 1 aliphatic rings. The molecule has 0 radical (unpaired) electrons. The number of aromatic nitrogens is 1. The summed E-state index contributed by atoms with van der Waals surface area (Å²) in [5, 5.41) is 2.84. The van der Waals surface area contributed by atoms with Crippen LogP contribution in [0.2, 0.25) is 18.1 Å². The van der Waals surface area contributed by atoms with Crippen LogP contribution in [0.15, 0.2) is 48.7 Å². The summed E-state index contributed by atoms with van der Waals surface area (Å²) in [6.07, 6.45) is 2.75. The van der Waals surface area contributed by atoms with Gasteiger partial charge in [0.1, 0.15) is 17.7 Å². The van der Waals surface area contributed by atoms with Gasteiger partial charge in [0.2, 0.25) is 0 Å². The normalized spacial score (nSPS) is 15.6. The minimum absolute atomic E-state index is 0.0776. The van der Waals surface area contributed by atoms with Gasteiger partial charge in [-0.2, -0.15) is 0 Å². The maximum atomic E-state index is 12.3. The van der Waals surface area contributed by atoms with Crippen LogP contribution in [-0.2, 0) is 4.74 Å². The molecule has 7 heteroatoms. The largest absolute Gasteiger partial charge is 0.542 e. The van der Waals surface area contributed by atoms with Gasteiger partial charge >= 0.3 is 6.09 Å². The van der Waals surface area contributed by atoms with Crippen LogP contribution < -0.4 is 14.6 Å². The van der Waals surface area contributed by atoms with Crippen molar-refractivity contribution in [2.24, 2.45) is 0 Å². The smallest absolute Gasteiger partial charge is 0.413 e. The van der Waals surface area contributed by atoms with E-state index in [1.807, 2.05) is 24.3 Å². The molecule has 0 bridgehead atoms. The van der Waals surface area contributed by atoms with E-state index in [0.717, 1.165) is 31.7 Å². The second-order valence-electron chi connectivity index (χ2n) is 9.29. The summed E-state index contributed by atoms with van der Waals surface area (Å²) in [6, 6.07) is 13.9. The Morgan fingerprint density at radius 2 is 1.77 bits per heavy atom. The van der Waals surface area contributed by atoms with Crippen molar-refractivity contribution in [2.75, 3.05) is 23.3 Å². The van der Waals surface area contributed by atoms with Crippen molar-refractivity contribution in [3.63, 3.8) is 0 Å². The Morgan fingerprint density at radius 3 is 2.33 bits per heavy atom. The number of amides is 1. The molecule has 2 aromatic rings. The SMILES string of the molecule is CC(C)(C)[Si](C)(C)Oc1ccc(NC(=O)OC2CCN(c3ccccc3)CC2)nc1. The summed E-state index contributed by atoms with van der Waals surface area (Å²) in [4.78, 5) is 18.9. The Balaban J connectivity index is 1.46. The Labute approximate surface area is 180 Å². The van der Waals surface area contributed by atoms with E-state index < -0.39 is 14.4 Å². The van der Waals surface area contributed by atoms with Crippen molar-refractivity contribution in [3.05, 3.63) is 48.7 Å². The summed E-state index contributed by atoms with van der Waals surface area (Å²) in [6.45, 7) is 12.7. The fraction of sp³-hybridized carbons (Fsp3) is 0.478. The van der Waals surface area contributed by atoms with E-state index >= 15 is 0 Å². The van der Waals surface area contributed by atoms with E-state index in [1.54, 1.807) is 12.3 Å². The van der Waals surface area contributed by atoms with Gasteiger partial charge in [-0.05, 0) is 42.4 Å². The van der Waals surface area contributed by atoms with Crippen LogP contribution in [0.25, 0.3) is 0 Å². The monoisotopic (exact) mass is 427 g/mol. The highest BCUT2D eigenvalue weighted by Crippen LogP contribution is 2.37. The fourth-order valence-corrected chi connectivity index (χ4v) is 4.13. The van der Waals surface area contributed by atoms with Crippen molar-refractivity contribution >= 4 is 25.9 Å². The average molecular weight is 428 g/mol. The molecule has 0 saturated carbocycles. The van der Waals surface area contributed by atoms with Crippen LogP contribution in [0.5, 0.6) is 5.75 Å². The predicted octanol–water partition coefficient (Wildman–Crippen LogP) is 5.68. The van der Waals surface area contributed by atoms with Crippen molar-refractivity contribution in [2.45, 2.75) is 57.8 Å². The van der Waals surface area contributed by atoms with Crippen LogP contribution in [0.1, 0.15) is 33.6 Å². The molecule has 1 saturated heterocycles. The number of hydrogen-bond donors (Lipinski definition) is 1. The molecule has 2 heterocycles. The van der Waals surface area contributed by atoms with Crippen molar-refractivity contribution < 1.29 is 14.0 Å². The first-order valence-electron chi connectivity index (χ1n) is 10.6. The molecule has 0 spiro atoms. The van der Waals surface area contributed by atoms with Gasteiger partial charge in [0, 0.05) is 31.6 Å². The quantitative estimate of drug-likeness (QED) is 0.622. The number of carbonyl (C=O) groups is 1. The van der Waals surface area contributed by atoms with E-state index in [4.69, 9.17) is 9.16 Å². The molecule has 0 atom stereocenters. The standard InChI is InChI=1S/C23H33N3O3Si/c1-23(2,3)30(4,5)29-20-11-12-21(24-17-20)25-22(27)28-19-13-15-26(16-14-19)18-9-7-6-8-10-18/h6-12,17,19H,13-16H2,1-5H3,(H,24,25,27). The molecule has 30 heavy (non-hydrogen) atoms. The number of carbonyl (C=O) groups excluding carboxylic acids is 1. The lowest BCUT2D eigenvalue weighted by molar-refractivity contribution is 0.0950. The third-order valence-corrected chi connectivity index (χ3v) is 10.3. The maximum Gasteiger partial charge on any atom is 0.413 e. The van der Waals surface area contributed by atoms with Crippen LogP contribution in [0.3, 0.4) is 0 Å². The average Bonchev–Trinajstić information content (AvgIpc) is 2.70. The highest BCUT2D eigenvalue weighted by Gasteiger charge is 2.39. The first kappa shape index (κ1) is 22.1. The van der Waals surface area contributed by atoms with Crippen molar-refractivity contribution in [1.82, 2.24) is 4.98 Å². The van der Waals surface area contributed by atoms with Crippen molar-refractivity contribution in [3.8, 4) is 5.75 Å². The Hall–Kier alpha value is -2.54. The van der Waals surface area contributed by atoms with Gasteiger partial charge in [-0.25, -0.2) is 9.78 Å². The molecule has 1 aliphatic heterocycles. The number of para-hydroxylation sites is 1. The number of nitrogens with one attached hydrogen (secondary N) is 1. The first-order valence-corrected chi connectivity index (χ1v) is 13.5. The van der Waals surface area contributed by atoms with E-state index in [0.29, 0.717) is 5.82 Å². The van der Waals surface area contributed by atoms with Gasteiger partial charge in [0.25, 0.3) is 8.32 Å². The topological polar surface area (TPSA) is 63.7 Å². The number of rotatable bonds is 5. The lowest BCUT2D eigenvalue weighted by Crippen LogP contribution is -2.43. The third kappa shape index (κ3) is 5.75. The Kier molecular flexibility index (Phi) is 6.70. The zero-order chi connectivity index (χ0) is 21.8. The molecule has 0 aliphatic carbocycles. The number of anilines is 2. The Bertz CT molecular complexity index is 827. The zero-order valence-corrected chi connectivity index (χ0v) is 19.6. The summed E-state index contributed by atoms with van der Waals surface area (Å²) in [7, 11) is -1.91. The zero-order valence-electron chi connectivity index (χ0n) is 18.6. The molecule has 1 amide bonds. The van der Waals surface area contributed by atoms with Crippen LogP contribution in [0.4, 0.5) is 16.3 Å². The molecule has 0 unspecified atom stereocenters. The minimum atomic E-state index is -1.91.